The van der Waals surface area contributed by atoms with Crippen LogP contribution in [0.15, 0.2) is 18.2 Å². The quantitative estimate of drug-likeness (QED) is 0.912. The number of nitrogens with zero attached hydrogens (tertiary/aromatic N) is 2. The molecule has 0 unspecified atom stereocenters. The zero-order valence-corrected chi connectivity index (χ0v) is 11.5. The second-order valence-electron chi connectivity index (χ2n) is 5.12. The number of carbonyl (C=O) groups is 1. The van der Waals surface area contributed by atoms with Gasteiger partial charge in [0.2, 0.25) is 5.91 Å². The first-order chi connectivity index (χ1) is 9.62. The first kappa shape index (κ1) is 14.5. The van der Waals surface area contributed by atoms with Crippen molar-refractivity contribution in [1.82, 2.24) is 10.2 Å². The molecule has 1 aliphatic rings. The molecule has 0 bridgehead atoms. The molecule has 1 N–H and O–H groups in total. The van der Waals surface area contributed by atoms with Crippen LogP contribution in [0.1, 0.15) is 24.0 Å². The van der Waals surface area contributed by atoms with E-state index in [9.17, 15) is 9.18 Å². The maximum Gasteiger partial charge on any atom is 0.222 e. The van der Waals surface area contributed by atoms with E-state index in [0.717, 1.165) is 31.5 Å². The SMILES string of the molecule is CNC(=O)C1CCN(Cc2cc(F)cc(C#N)c2)CC1. The van der Waals surface area contributed by atoms with Gasteiger partial charge in [-0.2, -0.15) is 5.26 Å². The van der Waals surface area contributed by atoms with Crippen molar-refractivity contribution in [2.45, 2.75) is 19.4 Å². The number of hydrogen-bond donors (Lipinski definition) is 1. The van der Waals surface area contributed by atoms with Crippen LogP contribution >= 0.6 is 0 Å². The molecule has 1 fully saturated rings. The largest absolute Gasteiger partial charge is 0.359 e. The van der Waals surface area contributed by atoms with Gasteiger partial charge >= 0.3 is 0 Å². The van der Waals surface area contributed by atoms with Gasteiger partial charge in [0.15, 0.2) is 0 Å². The van der Waals surface area contributed by atoms with Crippen molar-refractivity contribution in [2.75, 3.05) is 20.1 Å². The van der Waals surface area contributed by atoms with Crippen molar-refractivity contribution < 1.29 is 9.18 Å². The molecule has 0 aromatic heterocycles. The summed E-state index contributed by atoms with van der Waals surface area (Å²) in [5.41, 5.74) is 1.15. The van der Waals surface area contributed by atoms with Gasteiger partial charge in [0, 0.05) is 19.5 Å². The van der Waals surface area contributed by atoms with Crippen molar-refractivity contribution in [3.05, 3.63) is 35.1 Å². The Morgan fingerprint density at radius 2 is 2.15 bits per heavy atom. The lowest BCUT2D eigenvalue weighted by Gasteiger charge is -2.31. The summed E-state index contributed by atoms with van der Waals surface area (Å²) in [7, 11) is 1.66. The minimum atomic E-state index is -0.376. The third kappa shape index (κ3) is 3.55. The molecule has 1 aromatic carbocycles. The van der Waals surface area contributed by atoms with Crippen LogP contribution in [-0.2, 0) is 11.3 Å². The van der Waals surface area contributed by atoms with Gasteiger partial charge in [-0.1, -0.05) is 0 Å². The van der Waals surface area contributed by atoms with E-state index in [-0.39, 0.29) is 17.6 Å². The maximum atomic E-state index is 13.4. The second kappa shape index (κ2) is 6.49. The van der Waals surface area contributed by atoms with Gasteiger partial charge in [0.25, 0.3) is 0 Å². The van der Waals surface area contributed by atoms with E-state index in [1.807, 2.05) is 6.07 Å². The smallest absolute Gasteiger partial charge is 0.222 e. The van der Waals surface area contributed by atoms with Gasteiger partial charge in [-0.25, -0.2) is 4.39 Å². The third-order valence-electron chi connectivity index (χ3n) is 3.70. The Balaban J connectivity index is 1.94. The summed E-state index contributed by atoms with van der Waals surface area (Å²) in [5, 5.41) is 11.5. The number of rotatable bonds is 3. The van der Waals surface area contributed by atoms with E-state index in [0.29, 0.717) is 12.1 Å². The van der Waals surface area contributed by atoms with Crippen molar-refractivity contribution >= 4 is 5.91 Å². The van der Waals surface area contributed by atoms with Gasteiger partial charge in [0.05, 0.1) is 11.6 Å². The molecule has 0 atom stereocenters. The highest BCUT2D eigenvalue weighted by Gasteiger charge is 2.24. The van der Waals surface area contributed by atoms with Crippen LogP contribution in [0.25, 0.3) is 0 Å². The number of nitriles is 1. The minimum absolute atomic E-state index is 0.0819. The van der Waals surface area contributed by atoms with E-state index in [1.165, 1.54) is 12.1 Å². The number of nitrogens with one attached hydrogen (secondary N) is 1. The summed E-state index contributed by atoms with van der Waals surface area (Å²) in [6.45, 7) is 2.25. The second-order valence-corrected chi connectivity index (χ2v) is 5.12. The molecular weight excluding hydrogens is 257 g/mol. The predicted molar refractivity (Wildman–Crippen MR) is 73.2 cm³/mol. The van der Waals surface area contributed by atoms with Crippen molar-refractivity contribution in [2.24, 2.45) is 5.92 Å². The fourth-order valence-electron chi connectivity index (χ4n) is 2.62. The van der Waals surface area contributed by atoms with Crippen molar-refractivity contribution in [3.63, 3.8) is 0 Å². The highest BCUT2D eigenvalue weighted by atomic mass is 19.1. The number of benzene rings is 1. The summed E-state index contributed by atoms with van der Waals surface area (Å²) in [6, 6.07) is 6.38. The van der Waals surface area contributed by atoms with Crippen LogP contribution in [0.4, 0.5) is 4.39 Å². The van der Waals surface area contributed by atoms with E-state index in [2.05, 4.69) is 10.2 Å². The average Bonchev–Trinajstić information content (AvgIpc) is 2.46. The molecule has 1 aliphatic heterocycles. The first-order valence-corrected chi connectivity index (χ1v) is 6.76. The molecule has 1 saturated heterocycles. The van der Waals surface area contributed by atoms with E-state index in [1.54, 1.807) is 13.1 Å². The Morgan fingerprint density at radius 1 is 1.45 bits per heavy atom. The molecule has 5 heteroatoms. The Kier molecular flexibility index (Phi) is 4.70. The van der Waals surface area contributed by atoms with Gasteiger partial charge in [0.1, 0.15) is 5.82 Å². The van der Waals surface area contributed by atoms with Crippen LogP contribution in [-0.4, -0.2) is 30.9 Å². The molecule has 0 aliphatic carbocycles. The van der Waals surface area contributed by atoms with Gasteiger partial charge in [-0.05, 0) is 49.7 Å². The lowest BCUT2D eigenvalue weighted by Crippen LogP contribution is -2.39. The zero-order chi connectivity index (χ0) is 14.5. The Labute approximate surface area is 118 Å². The molecule has 1 aromatic rings. The number of amides is 1. The van der Waals surface area contributed by atoms with Gasteiger partial charge in [-0.3, -0.25) is 9.69 Å². The van der Waals surface area contributed by atoms with Gasteiger partial charge < -0.3 is 5.32 Å². The monoisotopic (exact) mass is 275 g/mol. The molecule has 1 amide bonds. The summed E-state index contributed by atoms with van der Waals surface area (Å²) in [5.74, 6) is -0.195. The van der Waals surface area contributed by atoms with E-state index >= 15 is 0 Å². The molecule has 4 nitrogen and oxygen atoms in total. The van der Waals surface area contributed by atoms with Crippen LogP contribution in [0, 0.1) is 23.1 Å². The van der Waals surface area contributed by atoms with E-state index in [4.69, 9.17) is 5.26 Å². The minimum Gasteiger partial charge on any atom is -0.359 e. The van der Waals surface area contributed by atoms with E-state index < -0.39 is 0 Å². The molecule has 2 rings (SSSR count). The Bertz CT molecular complexity index is 530. The average molecular weight is 275 g/mol. The Morgan fingerprint density at radius 3 is 2.75 bits per heavy atom. The molecule has 1 heterocycles. The van der Waals surface area contributed by atoms with Gasteiger partial charge in [-0.15, -0.1) is 0 Å². The lowest BCUT2D eigenvalue weighted by molar-refractivity contribution is -0.125. The van der Waals surface area contributed by atoms with Crippen LogP contribution < -0.4 is 5.32 Å². The molecule has 106 valence electrons. The summed E-state index contributed by atoms with van der Waals surface area (Å²) < 4.78 is 13.4. The molecule has 0 saturated carbocycles. The Hall–Kier alpha value is -1.93. The van der Waals surface area contributed by atoms with Crippen molar-refractivity contribution in [3.8, 4) is 6.07 Å². The molecular formula is C15H18FN3O. The van der Waals surface area contributed by atoms with Crippen LogP contribution in [0.2, 0.25) is 0 Å². The summed E-state index contributed by atoms with van der Waals surface area (Å²) in [4.78, 5) is 13.7. The third-order valence-corrected chi connectivity index (χ3v) is 3.70. The maximum absolute atomic E-state index is 13.4. The number of hydrogen-bond acceptors (Lipinski definition) is 3. The highest BCUT2D eigenvalue weighted by molar-refractivity contribution is 5.78. The number of carbonyl (C=O) groups excluding carboxylic acids is 1. The molecule has 20 heavy (non-hydrogen) atoms. The fourth-order valence-corrected chi connectivity index (χ4v) is 2.62. The highest BCUT2D eigenvalue weighted by Crippen LogP contribution is 2.20. The lowest BCUT2D eigenvalue weighted by atomic mass is 9.95. The number of likely N-dealkylation sites (tertiary alicyclic amines) is 1. The van der Waals surface area contributed by atoms with Crippen LogP contribution in [0.5, 0.6) is 0 Å². The topological polar surface area (TPSA) is 56.1 Å². The van der Waals surface area contributed by atoms with Crippen molar-refractivity contribution in [1.29, 1.82) is 5.26 Å². The fraction of sp³-hybridized carbons (Fsp3) is 0.467. The summed E-state index contributed by atoms with van der Waals surface area (Å²) >= 11 is 0. The molecule has 0 radical (unpaired) electrons. The number of halogens is 1. The standard InChI is InChI=1S/C15H18FN3O/c1-18-15(20)13-2-4-19(5-3-13)10-12-6-11(9-17)7-14(16)8-12/h6-8,13H,2-5,10H2,1H3,(H,18,20). The molecule has 0 spiro atoms. The normalized spacial score (nSPS) is 16.6. The first-order valence-electron chi connectivity index (χ1n) is 6.76. The predicted octanol–water partition coefficient (Wildman–Crippen LogP) is 1.66. The zero-order valence-electron chi connectivity index (χ0n) is 11.5. The summed E-state index contributed by atoms with van der Waals surface area (Å²) in [6.07, 6.45) is 1.64. The number of piperidine rings is 1. The van der Waals surface area contributed by atoms with Crippen LogP contribution in [0.3, 0.4) is 0 Å².